The molecule has 1 saturated heterocycles. The molecule has 0 saturated carbocycles. The van der Waals surface area contributed by atoms with Crippen molar-refractivity contribution in [3.05, 3.63) is 94.1 Å². The van der Waals surface area contributed by atoms with Crippen LogP contribution in [-0.4, -0.2) is 115 Å². The number of methoxy groups -OCH3 is 1. The predicted octanol–water partition coefficient (Wildman–Crippen LogP) is 6.47. The van der Waals surface area contributed by atoms with E-state index in [1.165, 1.54) is 18.1 Å². The minimum absolute atomic E-state index is 0.00221. The number of benzene rings is 3. The van der Waals surface area contributed by atoms with E-state index in [1.807, 2.05) is 57.5 Å². The first-order valence-corrected chi connectivity index (χ1v) is 26.0. The Bertz CT molecular complexity index is 2570. The molecule has 0 bridgehead atoms. The lowest BCUT2D eigenvalue weighted by molar-refractivity contribution is -0.142. The number of aryl methyl sites for hydroxylation is 1. The molecule has 6 rings (SSSR count). The molecule has 2 unspecified atom stereocenters. The van der Waals surface area contributed by atoms with Crippen LogP contribution in [0.4, 0.5) is 5.69 Å². The molecule has 366 valence electrons. The van der Waals surface area contributed by atoms with Gasteiger partial charge in [0.05, 0.1) is 70.6 Å². The minimum Gasteiger partial charge on any atom is -0.493 e. The zero-order chi connectivity index (χ0) is 49.3. The third-order valence-electron chi connectivity index (χ3n) is 12.2. The molecule has 3 aromatic carbocycles. The number of aliphatic hydroxyl groups is 1. The molecular weight excluding hydrogens is 909 g/mol. The number of β-amino-alcohol motifs (C(OH)–C–C–N with tert-alkyl or cyclic N) is 1. The molecule has 4 aromatic rings. The fourth-order valence-electron chi connectivity index (χ4n) is 8.76. The maximum atomic E-state index is 14.1. The number of imide groups is 1. The lowest BCUT2D eigenvalue weighted by atomic mass is 9.85. The monoisotopic (exact) mass is 972 g/mol. The summed E-state index contributed by atoms with van der Waals surface area (Å²) in [5, 5.41) is 19.8. The van der Waals surface area contributed by atoms with Gasteiger partial charge in [0, 0.05) is 32.2 Å². The minimum atomic E-state index is -3.70. The highest BCUT2D eigenvalue weighted by atomic mass is 32.2. The maximum absolute atomic E-state index is 14.1. The number of anilines is 1. The summed E-state index contributed by atoms with van der Waals surface area (Å²) in [4.78, 5) is 76.5. The van der Waals surface area contributed by atoms with Crippen LogP contribution in [0.5, 0.6) is 11.5 Å². The number of carbonyl (C=O) groups excluding carboxylic acids is 5. The lowest BCUT2D eigenvalue weighted by Crippen LogP contribution is -2.56. The van der Waals surface area contributed by atoms with Crippen LogP contribution in [0.2, 0.25) is 0 Å². The van der Waals surface area contributed by atoms with E-state index in [4.69, 9.17) is 9.47 Å². The van der Waals surface area contributed by atoms with Crippen LogP contribution >= 0.6 is 11.3 Å². The summed E-state index contributed by atoms with van der Waals surface area (Å²) < 4.78 is 36.4. The van der Waals surface area contributed by atoms with Crippen molar-refractivity contribution in [1.29, 1.82) is 0 Å². The average Bonchev–Trinajstić information content (AvgIpc) is 3.98. The maximum Gasteiger partial charge on any atom is 0.264 e. The van der Waals surface area contributed by atoms with Gasteiger partial charge < -0.3 is 35.4 Å². The summed E-state index contributed by atoms with van der Waals surface area (Å²) in [5.41, 5.74) is 4.89. The first-order valence-electron chi connectivity index (χ1n) is 23.1. The Morgan fingerprint density at radius 1 is 0.971 bits per heavy atom. The average molecular weight is 973 g/mol. The summed E-state index contributed by atoms with van der Waals surface area (Å²) >= 11 is 1.58. The van der Waals surface area contributed by atoms with Crippen LogP contribution in [-0.2, 0) is 30.8 Å². The number of likely N-dealkylation sites (tertiary alicyclic amines) is 1. The number of nitrogens with one attached hydrogen (secondary N) is 3. The molecule has 1 fully saturated rings. The number of unbranched alkanes of at least 4 members (excludes halogenated alkanes) is 4. The molecule has 2 aliphatic rings. The Morgan fingerprint density at radius 2 is 1.69 bits per heavy atom. The largest absolute Gasteiger partial charge is 0.493 e. The Morgan fingerprint density at radius 3 is 2.35 bits per heavy atom. The van der Waals surface area contributed by atoms with Crippen LogP contribution in [0, 0.1) is 12.3 Å². The number of amides is 5. The molecule has 1 aromatic heterocycles. The fraction of sp³-hybridized carbons (Fsp3) is 0.480. The van der Waals surface area contributed by atoms with E-state index >= 15 is 0 Å². The molecule has 0 spiro atoms. The molecular formula is C50H64N6O10S2. The van der Waals surface area contributed by atoms with Crippen molar-refractivity contribution >= 4 is 56.4 Å². The third-order valence-corrected chi connectivity index (χ3v) is 14.1. The molecule has 0 aliphatic carbocycles. The van der Waals surface area contributed by atoms with E-state index < -0.39 is 57.0 Å². The van der Waals surface area contributed by atoms with Crippen molar-refractivity contribution in [3.63, 3.8) is 0 Å². The van der Waals surface area contributed by atoms with E-state index in [0.717, 1.165) is 58.5 Å². The molecule has 16 nitrogen and oxygen atoms in total. The molecule has 2 aliphatic heterocycles. The van der Waals surface area contributed by atoms with Gasteiger partial charge in [0.25, 0.3) is 11.8 Å². The van der Waals surface area contributed by atoms with E-state index in [1.54, 1.807) is 48.6 Å². The van der Waals surface area contributed by atoms with Gasteiger partial charge in [-0.2, -0.15) is 0 Å². The van der Waals surface area contributed by atoms with Gasteiger partial charge in [0.2, 0.25) is 17.7 Å². The topological polar surface area (TPSA) is 214 Å². The summed E-state index contributed by atoms with van der Waals surface area (Å²) in [6.07, 6.45) is 4.33. The number of fused-ring (bicyclic) bond motifs is 1. The summed E-state index contributed by atoms with van der Waals surface area (Å²) in [6, 6.07) is 14.7. The number of rotatable bonds is 22. The number of hydrogen-bond acceptors (Lipinski definition) is 13. The number of nitrogens with zero attached hydrogens (tertiary/aromatic N) is 3. The quantitative estimate of drug-likeness (QED) is 0.0493. The Hall–Kier alpha value is -5.69. The third kappa shape index (κ3) is 12.7. The van der Waals surface area contributed by atoms with Gasteiger partial charge in [-0.1, -0.05) is 76.4 Å². The normalized spacial score (nSPS) is 16.9. The van der Waals surface area contributed by atoms with Gasteiger partial charge in [-0.15, -0.1) is 11.3 Å². The molecule has 5 amide bonds. The second kappa shape index (κ2) is 22.6. The molecule has 3 heterocycles. The standard InChI is InChI=1S/C50H64N6O10S2/c1-8-66-41-25-34(22-23-40(41)65-6)39(29-68(7,63)64)56-47(60)36-15-14-16-37(43(36)48(56)61)54-42(58)17-12-10-9-11-13-24-51-45(50(3,4)5)49(62)55-28-35(57)26-38(55)46(59)52-27-32-18-20-33(21-19-32)44-31(2)53-30-67-44/h14-16,18-23,25,30,35,38-39,45,51,57H,8-13,17,24,26-29H2,1-7H3,(H,52,59)(H,54,58)/t35-,38+,39?,45?/m1/s1. The van der Waals surface area contributed by atoms with E-state index in [-0.39, 0.29) is 60.5 Å². The van der Waals surface area contributed by atoms with E-state index in [9.17, 15) is 37.5 Å². The van der Waals surface area contributed by atoms with Crippen molar-refractivity contribution < 1.29 is 47.0 Å². The van der Waals surface area contributed by atoms with Crippen molar-refractivity contribution in [2.45, 2.75) is 110 Å². The zero-order valence-electron chi connectivity index (χ0n) is 39.9. The molecule has 4 N–H and O–H groups in total. The van der Waals surface area contributed by atoms with Crippen LogP contribution in [0.15, 0.2) is 66.2 Å². The number of carbonyl (C=O) groups is 5. The summed E-state index contributed by atoms with van der Waals surface area (Å²) in [5.74, 6) is -2.03. The first kappa shape index (κ1) is 51.7. The highest BCUT2D eigenvalue weighted by Gasteiger charge is 2.45. The van der Waals surface area contributed by atoms with Crippen molar-refractivity contribution in [1.82, 2.24) is 25.4 Å². The van der Waals surface area contributed by atoms with Crippen molar-refractivity contribution in [2.75, 3.05) is 44.1 Å². The van der Waals surface area contributed by atoms with Gasteiger partial charge in [-0.3, -0.25) is 28.9 Å². The fourth-order valence-corrected chi connectivity index (χ4v) is 10.5. The number of aromatic nitrogens is 1. The highest BCUT2D eigenvalue weighted by molar-refractivity contribution is 7.90. The molecule has 0 radical (unpaired) electrons. The van der Waals surface area contributed by atoms with Gasteiger partial charge in [0.1, 0.15) is 15.9 Å². The van der Waals surface area contributed by atoms with E-state index in [0.29, 0.717) is 36.6 Å². The lowest BCUT2D eigenvalue weighted by Gasteiger charge is -2.35. The second-order valence-corrected chi connectivity index (χ2v) is 21.6. The Balaban J connectivity index is 0.964. The Labute approximate surface area is 403 Å². The Kier molecular flexibility index (Phi) is 17.2. The van der Waals surface area contributed by atoms with Gasteiger partial charge in [0.15, 0.2) is 11.5 Å². The smallest absolute Gasteiger partial charge is 0.264 e. The van der Waals surface area contributed by atoms with Crippen molar-refractivity contribution in [2.24, 2.45) is 5.41 Å². The summed E-state index contributed by atoms with van der Waals surface area (Å²) in [6.45, 7) is 10.9. The van der Waals surface area contributed by atoms with Crippen LogP contribution in [0.25, 0.3) is 10.4 Å². The van der Waals surface area contributed by atoms with Crippen molar-refractivity contribution in [3.8, 4) is 21.9 Å². The number of thiazole rings is 1. The van der Waals surface area contributed by atoms with Crippen LogP contribution in [0.1, 0.15) is 116 Å². The zero-order valence-corrected chi connectivity index (χ0v) is 41.6. The van der Waals surface area contributed by atoms with Gasteiger partial charge in [-0.25, -0.2) is 13.4 Å². The van der Waals surface area contributed by atoms with Gasteiger partial charge >= 0.3 is 0 Å². The first-order chi connectivity index (χ1) is 32.3. The summed E-state index contributed by atoms with van der Waals surface area (Å²) in [7, 11) is -2.23. The second-order valence-electron chi connectivity index (χ2n) is 18.6. The van der Waals surface area contributed by atoms with Gasteiger partial charge in [-0.05, 0) is 79.6 Å². The van der Waals surface area contributed by atoms with E-state index in [2.05, 4.69) is 20.9 Å². The number of hydrogen-bond donors (Lipinski definition) is 4. The number of sulfone groups is 1. The van der Waals surface area contributed by atoms with Crippen LogP contribution in [0.3, 0.4) is 0 Å². The number of aliphatic hydroxyl groups excluding tert-OH is 1. The highest BCUT2D eigenvalue weighted by Crippen LogP contribution is 2.39. The van der Waals surface area contributed by atoms with Crippen LogP contribution < -0.4 is 25.4 Å². The molecule has 18 heteroatoms. The predicted molar refractivity (Wildman–Crippen MR) is 261 cm³/mol. The molecule has 4 atom stereocenters. The molecule has 68 heavy (non-hydrogen) atoms. The number of ether oxygens (including phenoxy) is 2. The SMILES string of the molecule is CCOc1cc(C(CS(C)(=O)=O)N2C(=O)c3cccc(NC(=O)CCCCCCCNC(C(=O)N4C[C@H](O)C[C@H]4C(=O)NCc4ccc(-c5scnc5C)cc4)C(C)(C)C)c3C2=O)ccc1OC.